The van der Waals surface area contributed by atoms with Gasteiger partial charge in [0.1, 0.15) is 0 Å². The summed E-state index contributed by atoms with van der Waals surface area (Å²) in [6, 6.07) is 0. The van der Waals surface area contributed by atoms with E-state index in [9.17, 15) is 0 Å². The lowest BCUT2D eigenvalue weighted by Crippen LogP contribution is -2.48. The Bertz CT molecular complexity index is 239. The van der Waals surface area contributed by atoms with Gasteiger partial charge in [0.05, 0.1) is 0 Å². The maximum atomic E-state index is 2.73. The van der Waals surface area contributed by atoms with E-state index in [-0.39, 0.29) is 0 Å². The monoisotopic (exact) mass is 222 g/mol. The summed E-state index contributed by atoms with van der Waals surface area (Å²) >= 11 is 0. The molecule has 2 saturated heterocycles. The molecule has 2 heteroatoms. The Morgan fingerprint density at radius 1 is 1.06 bits per heavy atom. The molecular weight excluding hydrogens is 196 g/mol. The third kappa shape index (κ3) is 2.43. The van der Waals surface area contributed by atoms with Crippen LogP contribution in [0.5, 0.6) is 0 Å². The van der Waals surface area contributed by atoms with E-state index in [1.807, 2.05) is 0 Å². The van der Waals surface area contributed by atoms with Crippen LogP contribution in [0.15, 0.2) is 0 Å². The second kappa shape index (κ2) is 4.30. The maximum Gasteiger partial charge on any atom is 0.00359 e. The number of likely N-dealkylation sites (tertiary alicyclic amines) is 2. The molecule has 1 aliphatic carbocycles. The van der Waals surface area contributed by atoms with E-state index in [0.717, 1.165) is 5.92 Å². The Morgan fingerprint density at radius 3 is 2.44 bits per heavy atom. The standard InChI is InChI=1S/C14H26N2/c1-15-8-2-5-14(12-15)6-9-16(10-7-14)11-13-3-4-13/h13H,2-12H2,1H3. The summed E-state index contributed by atoms with van der Waals surface area (Å²) in [6.45, 7) is 6.86. The Balaban J connectivity index is 1.51. The Hall–Kier alpha value is -0.0800. The third-order valence-corrected chi connectivity index (χ3v) is 4.98. The minimum Gasteiger partial charge on any atom is -0.306 e. The molecule has 16 heavy (non-hydrogen) atoms. The van der Waals surface area contributed by atoms with E-state index in [4.69, 9.17) is 0 Å². The van der Waals surface area contributed by atoms with Gasteiger partial charge in [-0.15, -0.1) is 0 Å². The van der Waals surface area contributed by atoms with E-state index >= 15 is 0 Å². The highest BCUT2D eigenvalue weighted by Gasteiger charge is 2.38. The maximum absolute atomic E-state index is 2.73. The minimum absolute atomic E-state index is 0.701. The van der Waals surface area contributed by atoms with Crippen molar-refractivity contribution in [1.29, 1.82) is 0 Å². The molecule has 1 spiro atoms. The first kappa shape index (κ1) is 11.0. The van der Waals surface area contributed by atoms with Gasteiger partial charge in [-0.3, -0.25) is 0 Å². The van der Waals surface area contributed by atoms with Gasteiger partial charge in [0.2, 0.25) is 0 Å². The number of nitrogens with zero attached hydrogens (tertiary/aromatic N) is 2. The lowest BCUT2D eigenvalue weighted by atomic mass is 9.72. The molecule has 0 aromatic rings. The zero-order valence-electron chi connectivity index (χ0n) is 10.7. The van der Waals surface area contributed by atoms with Gasteiger partial charge in [-0.05, 0) is 76.5 Å². The summed E-state index contributed by atoms with van der Waals surface area (Å²) in [5.41, 5.74) is 0.701. The van der Waals surface area contributed by atoms with Crippen LogP contribution in [0.1, 0.15) is 38.5 Å². The largest absolute Gasteiger partial charge is 0.306 e. The quantitative estimate of drug-likeness (QED) is 0.707. The first-order chi connectivity index (χ1) is 7.76. The van der Waals surface area contributed by atoms with Crippen molar-refractivity contribution in [2.75, 3.05) is 39.8 Å². The predicted octanol–water partition coefficient (Wildman–Crippen LogP) is 2.20. The fourth-order valence-corrected chi connectivity index (χ4v) is 3.74. The van der Waals surface area contributed by atoms with Gasteiger partial charge >= 0.3 is 0 Å². The van der Waals surface area contributed by atoms with Crippen molar-refractivity contribution >= 4 is 0 Å². The van der Waals surface area contributed by atoms with Gasteiger partial charge in [0.25, 0.3) is 0 Å². The van der Waals surface area contributed by atoms with Crippen molar-refractivity contribution in [2.45, 2.75) is 38.5 Å². The molecule has 0 N–H and O–H groups in total. The number of rotatable bonds is 2. The summed E-state index contributed by atoms with van der Waals surface area (Å²) in [5.74, 6) is 1.07. The van der Waals surface area contributed by atoms with Crippen molar-refractivity contribution < 1.29 is 0 Å². The van der Waals surface area contributed by atoms with Crippen LogP contribution in [0.4, 0.5) is 0 Å². The first-order valence-electron chi connectivity index (χ1n) is 7.17. The zero-order chi connectivity index (χ0) is 11.0. The SMILES string of the molecule is CN1CCCC2(CCN(CC3CC3)CC2)C1. The molecule has 2 heterocycles. The normalized spacial score (nSPS) is 32.1. The van der Waals surface area contributed by atoms with Crippen molar-refractivity contribution in [3.8, 4) is 0 Å². The average molecular weight is 222 g/mol. The molecule has 0 radical (unpaired) electrons. The topological polar surface area (TPSA) is 6.48 Å². The summed E-state index contributed by atoms with van der Waals surface area (Å²) in [5, 5.41) is 0. The Kier molecular flexibility index (Phi) is 2.97. The molecule has 1 saturated carbocycles. The highest BCUT2D eigenvalue weighted by Crippen LogP contribution is 2.40. The van der Waals surface area contributed by atoms with E-state index in [2.05, 4.69) is 16.8 Å². The number of hydrogen-bond acceptors (Lipinski definition) is 2. The Morgan fingerprint density at radius 2 is 1.81 bits per heavy atom. The van der Waals surface area contributed by atoms with Gasteiger partial charge in [0, 0.05) is 13.1 Å². The van der Waals surface area contributed by atoms with Gasteiger partial charge < -0.3 is 9.80 Å². The van der Waals surface area contributed by atoms with Gasteiger partial charge in [-0.2, -0.15) is 0 Å². The van der Waals surface area contributed by atoms with Gasteiger partial charge in [-0.25, -0.2) is 0 Å². The molecule has 0 amide bonds. The molecule has 3 fully saturated rings. The Labute approximate surface area is 100.0 Å². The van der Waals surface area contributed by atoms with Crippen molar-refractivity contribution in [3.63, 3.8) is 0 Å². The molecule has 0 aromatic heterocycles. The molecule has 92 valence electrons. The third-order valence-electron chi connectivity index (χ3n) is 4.98. The first-order valence-corrected chi connectivity index (χ1v) is 7.17. The lowest BCUT2D eigenvalue weighted by molar-refractivity contribution is 0.0329. The molecule has 0 unspecified atom stereocenters. The molecule has 3 rings (SSSR count). The second-order valence-electron chi connectivity index (χ2n) is 6.59. The van der Waals surface area contributed by atoms with E-state index in [1.54, 1.807) is 0 Å². The van der Waals surface area contributed by atoms with Crippen LogP contribution in [0.2, 0.25) is 0 Å². The fourth-order valence-electron chi connectivity index (χ4n) is 3.74. The van der Waals surface area contributed by atoms with Crippen molar-refractivity contribution in [2.24, 2.45) is 11.3 Å². The van der Waals surface area contributed by atoms with Crippen LogP contribution in [-0.2, 0) is 0 Å². The van der Waals surface area contributed by atoms with Gasteiger partial charge in [-0.1, -0.05) is 0 Å². The zero-order valence-corrected chi connectivity index (χ0v) is 10.7. The van der Waals surface area contributed by atoms with Gasteiger partial charge in [0.15, 0.2) is 0 Å². The van der Waals surface area contributed by atoms with Crippen LogP contribution in [0.25, 0.3) is 0 Å². The van der Waals surface area contributed by atoms with Crippen LogP contribution < -0.4 is 0 Å². The predicted molar refractivity (Wildman–Crippen MR) is 67.6 cm³/mol. The molecule has 2 nitrogen and oxygen atoms in total. The fraction of sp³-hybridized carbons (Fsp3) is 1.00. The van der Waals surface area contributed by atoms with Crippen LogP contribution >= 0.6 is 0 Å². The van der Waals surface area contributed by atoms with E-state index in [1.165, 1.54) is 71.2 Å². The molecule has 0 atom stereocenters. The van der Waals surface area contributed by atoms with Crippen molar-refractivity contribution in [3.05, 3.63) is 0 Å². The summed E-state index contributed by atoms with van der Waals surface area (Å²) in [4.78, 5) is 5.29. The van der Waals surface area contributed by atoms with Crippen molar-refractivity contribution in [1.82, 2.24) is 9.80 Å². The van der Waals surface area contributed by atoms with Crippen LogP contribution in [0, 0.1) is 11.3 Å². The molecule has 0 bridgehead atoms. The molecule has 2 aliphatic heterocycles. The van der Waals surface area contributed by atoms with E-state index in [0.29, 0.717) is 5.41 Å². The van der Waals surface area contributed by atoms with E-state index < -0.39 is 0 Å². The summed E-state index contributed by atoms with van der Waals surface area (Å²) < 4.78 is 0. The highest BCUT2D eigenvalue weighted by molar-refractivity contribution is 4.91. The minimum atomic E-state index is 0.701. The van der Waals surface area contributed by atoms with Crippen LogP contribution in [-0.4, -0.2) is 49.6 Å². The molecule has 0 aromatic carbocycles. The highest BCUT2D eigenvalue weighted by atomic mass is 15.2. The number of piperidine rings is 2. The summed E-state index contributed by atoms with van der Waals surface area (Å²) in [7, 11) is 2.30. The molecule has 3 aliphatic rings. The smallest absolute Gasteiger partial charge is 0.00359 e. The van der Waals surface area contributed by atoms with Crippen LogP contribution in [0.3, 0.4) is 0 Å². The average Bonchev–Trinajstić information content (AvgIpc) is 3.06. The second-order valence-corrected chi connectivity index (χ2v) is 6.59. The number of hydrogen-bond donors (Lipinski definition) is 0. The summed E-state index contributed by atoms with van der Waals surface area (Å²) in [6.07, 6.45) is 8.86. The lowest BCUT2D eigenvalue weighted by Gasteiger charge is -2.47. The molecular formula is C14H26N2.